The molecule has 0 aromatic rings. The summed E-state index contributed by atoms with van der Waals surface area (Å²) in [5.41, 5.74) is 0. The van der Waals surface area contributed by atoms with Crippen molar-refractivity contribution in [1.29, 1.82) is 0 Å². The average molecular weight is 248 g/mol. The minimum atomic E-state index is -1.10. The van der Waals surface area contributed by atoms with E-state index >= 15 is 0 Å². The lowest BCUT2D eigenvalue weighted by Crippen LogP contribution is -2.30. The molecule has 0 spiro atoms. The second kappa shape index (κ2) is 3.08. The summed E-state index contributed by atoms with van der Waals surface area (Å²) in [6.07, 6.45) is 3.32. The van der Waals surface area contributed by atoms with Crippen LogP contribution in [0.15, 0.2) is 0 Å². The zero-order chi connectivity index (χ0) is 8.93. The standard InChI is InChI=1S/C8H10Cl4/c9-7-3-4-1-5(7)6(2-4)8(10,11)12/h4-7H,1-3H2/t4?,5?,6-,7+/m0/s1. The molecule has 2 unspecified atom stereocenters. The molecule has 0 saturated heterocycles. The van der Waals surface area contributed by atoms with E-state index < -0.39 is 3.79 Å². The summed E-state index contributed by atoms with van der Waals surface area (Å²) in [4.78, 5) is 0. The van der Waals surface area contributed by atoms with Crippen LogP contribution in [0.1, 0.15) is 19.3 Å². The van der Waals surface area contributed by atoms with E-state index in [9.17, 15) is 0 Å². The van der Waals surface area contributed by atoms with Crippen molar-refractivity contribution < 1.29 is 0 Å². The maximum Gasteiger partial charge on any atom is 0.193 e. The third kappa shape index (κ3) is 1.56. The van der Waals surface area contributed by atoms with Crippen LogP contribution in [0.25, 0.3) is 0 Å². The molecule has 0 N–H and O–H groups in total. The van der Waals surface area contributed by atoms with Gasteiger partial charge in [-0.1, -0.05) is 34.8 Å². The van der Waals surface area contributed by atoms with Gasteiger partial charge in [0.2, 0.25) is 0 Å². The lowest BCUT2D eigenvalue weighted by molar-refractivity contribution is 0.343. The van der Waals surface area contributed by atoms with Crippen LogP contribution in [0.3, 0.4) is 0 Å². The van der Waals surface area contributed by atoms with Crippen molar-refractivity contribution in [2.75, 3.05) is 0 Å². The monoisotopic (exact) mass is 246 g/mol. The number of alkyl halides is 4. The van der Waals surface area contributed by atoms with E-state index in [1.165, 1.54) is 0 Å². The molecule has 4 heteroatoms. The fourth-order valence-electron chi connectivity index (χ4n) is 2.64. The van der Waals surface area contributed by atoms with Crippen LogP contribution in [-0.4, -0.2) is 9.17 Å². The van der Waals surface area contributed by atoms with Gasteiger partial charge in [-0.2, -0.15) is 0 Å². The van der Waals surface area contributed by atoms with Gasteiger partial charge in [0.05, 0.1) is 0 Å². The van der Waals surface area contributed by atoms with Crippen molar-refractivity contribution in [2.45, 2.75) is 28.4 Å². The van der Waals surface area contributed by atoms with Crippen molar-refractivity contribution in [3.05, 3.63) is 0 Å². The fourth-order valence-corrected chi connectivity index (χ4v) is 3.92. The van der Waals surface area contributed by atoms with Crippen LogP contribution in [0, 0.1) is 17.8 Å². The minimum Gasteiger partial charge on any atom is -0.123 e. The maximum absolute atomic E-state index is 6.13. The van der Waals surface area contributed by atoms with Gasteiger partial charge in [0.15, 0.2) is 3.79 Å². The SMILES string of the molecule is Cl[C@@H]1CC2CC1[C@@H](C(Cl)(Cl)Cl)C2. The molecular weight excluding hydrogens is 238 g/mol. The number of rotatable bonds is 0. The largest absolute Gasteiger partial charge is 0.193 e. The lowest BCUT2D eigenvalue weighted by Gasteiger charge is -2.30. The van der Waals surface area contributed by atoms with Crippen molar-refractivity contribution in [1.82, 2.24) is 0 Å². The molecule has 2 rings (SSSR count). The van der Waals surface area contributed by atoms with Crippen molar-refractivity contribution in [3.8, 4) is 0 Å². The van der Waals surface area contributed by atoms with Gasteiger partial charge in [0.25, 0.3) is 0 Å². The quantitative estimate of drug-likeness (QED) is 0.568. The van der Waals surface area contributed by atoms with Crippen LogP contribution in [0.4, 0.5) is 0 Å². The minimum absolute atomic E-state index is 0.184. The summed E-state index contributed by atoms with van der Waals surface area (Å²) in [5.74, 6) is 1.33. The molecule has 2 aliphatic carbocycles. The first-order valence-corrected chi connectivity index (χ1v) is 5.76. The predicted molar refractivity (Wildman–Crippen MR) is 54.3 cm³/mol. The molecule has 0 nitrogen and oxygen atoms in total. The van der Waals surface area contributed by atoms with Gasteiger partial charge >= 0.3 is 0 Å². The summed E-state index contributed by atoms with van der Waals surface area (Å²) in [6, 6.07) is 0. The Balaban J connectivity index is 2.12. The normalized spacial score (nSPS) is 47.0. The van der Waals surface area contributed by atoms with Crippen LogP contribution in [-0.2, 0) is 0 Å². The molecule has 0 heterocycles. The third-order valence-electron chi connectivity index (χ3n) is 3.15. The first-order valence-electron chi connectivity index (χ1n) is 4.19. The molecule has 12 heavy (non-hydrogen) atoms. The second-order valence-electron chi connectivity index (χ2n) is 3.90. The van der Waals surface area contributed by atoms with Gasteiger partial charge in [-0.05, 0) is 31.1 Å². The van der Waals surface area contributed by atoms with Gasteiger partial charge in [-0.3, -0.25) is 0 Å². The molecule has 0 aliphatic heterocycles. The van der Waals surface area contributed by atoms with Gasteiger partial charge < -0.3 is 0 Å². The van der Waals surface area contributed by atoms with Crippen molar-refractivity contribution in [3.63, 3.8) is 0 Å². The highest BCUT2D eigenvalue weighted by molar-refractivity contribution is 6.67. The molecule has 4 atom stereocenters. The van der Waals surface area contributed by atoms with E-state index in [2.05, 4.69) is 0 Å². The molecule has 2 fully saturated rings. The van der Waals surface area contributed by atoms with E-state index in [-0.39, 0.29) is 11.3 Å². The van der Waals surface area contributed by atoms with Gasteiger partial charge in [-0.25, -0.2) is 0 Å². The fraction of sp³-hybridized carbons (Fsp3) is 1.00. The van der Waals surface area contributed by atoms with Crippen LogP contribution < -0.4 is 0 Å². The summed E-state index contributed by atoms with van der Waals surface area (Å²) in [5, 5.41) is 0.240. The van der Waals surface area contributed by atoms with E-state index in [4.69, 9.17) is 46.4 Å². The van der Waals surface area contributed by atoms with E-state index in [1.807, 2.05) is 0 Å². The van der Waals surface area contributed by atoms with Crippen molar-refractivity contribution >= 4 is 46.4 Å². The lowest BCUT2D eigenvalue weighted by atomic mass is 9.89. The summed E-state index contributed by atoms with van der Waals surface area (Å²) in [7, 11) is 0. The predicted octanol–water partition coefficient (Wildman–Crippen LogP) is 4.01. The molecule has 0 radical (unpaired) electrons. The average Bonchev–Trinajstić information content (AvgIpc) is 2.41. The Bertz CT molecular complexity index is 186. The highest BCUT2D eigenvalue weighted by Gasteiger charge is 2.52. The van der Waals surface area contributed by atoms with Crippen molar-refractivity contribution in [2.24, 2.45) is 17.8 Å². The topological polar surface area (TPSA) is 0 Å². The van der Waals surface area contributed by atoms with Gasteiger partial charge in [0, 0.05) is 11.3 Å². The number of halogens is 4. The summed E-state index contributed by atoms with van der Waals surface area (Å²) in [6.45, 7) is 0. The first-order chi connectivity index (χ1) is 5.48. The Labute approximate surface area is 92.5 Å². The Hall–Kier alpha value is 1.16. The van der Waals surface area contributed by atoms with Gasteiger partial charge in [-0.15, -0.1) is 11.6 Å². The first kappa shape index (κ1) is 9.71. The van der Waals surface area contributed by atoms with Crippen LogP contribution in [0.2, 0.25) is 0 Å². The Morgan fingerprint density at radius 1 is 1.00 bits per heavy atom. The molecule has 2 aliphatic rings. The second-order valence-corrected chi connectivity index (χ2v) is 6.83. The van der Waals surface area contributed by atoms with Crippen LogP contribution >= 0.6 is 46.4 Å². The highest BCUT2D eigenvalue weighted by atomic mass is 35.6. The zero-order valence-corrected chi connectivity index (χ0v) is 9.47. The molecule has 0 aromatic carbocycles. The maximum atomic E-state index is 6.13. The summed E-state index contributed by atoms with van der Waals surface area (Å²) < 4.78 is -1.10. The molecule has 70 valence electrons. The zero-order valence-electron chi connectivity index (χ0n) is 6.44. The Morgan fingerprint density at radius 2 is 1.67 bits per heavy atom. The highest BCUT2D eigenvalue weighted by Crippen LogP contribution is 2.57. The number of fused-ring (bicyclic) bond motifs is 2. The number of hydrogen-bond acceptors (Lipinski definition) is 0. The third-order valence-corrected chi connectivity index (χ3v) is 4.50. The van der Waals surface area contributed by atoms with E-state index in [0.29, 0.717) is 11.8 Å². The smallest absolute Gasteiger partial charge is 0.123 e. The molecular formula is C8H10Cl4. The van der Waals surface area contributed by atoms with E-state index in [0.717, 1.165) is 19.3 Å². The Kier molecular flexibility index (Phi) is 2.49. The van der Waals surface area contributed by atoms with Gasteiger partial charge in [0.1, 0.15) is 0 Å². The molecule has 0 amide bonds. The molecule has 2 bridgehead atoms. The van der Waals surface area contributed by atoms with E-state index in [1.54, 1.807) is 0 Å². The van der Waals surface area contributed by atoms with Crippen LogP contribution in [0.5, 0.6) is 0 Å². The number of hydrogen-bond donors (Lipinski definition) is 0. The molecule has 0 aromatic heterocycles. The summed E-state index contributed by atoms with van der Waals surface area (Å²) >= 11 is 23.7. The molecule has 2 saturated carbocycles. The Morgan fingerprint density at radius 3 is 2.00 bits per heavy atom.